The number of rotatable bonds is 19. The molecule has 0 saturated heterocycles. The van der Waals surface area contributed by atoms with Crippen molar-refractivity contribution < 1.29 is 57.1 Å². The van der Waals surface area contributed by atoms with E-state index in [-0.39, 0.29) is 53.0 Å². The number of hydrogen-bond acceptors (Lipinski definition) is 13. The zero-order chi connectivity index (χ0) is 65.2. The SMILES string of the molecule is COc1cc2ccccc2cc1C(=O)Nc1ccc(Cl)cc1OC(=O)c1cc2ccccc2cc1OCCCN.COc1cc2ccccc2cc1C(=O)Nc1ccc(Cl)cc1OC(=O)c1cc2ccccc2cc1OCCCNC(=O)OC(C)(C)C.Cl.ClC(Cl)Cl. The molecule has 92 heavy (non-hydrogen) atoms. The number of nitrogens with two attached hydrogens (primary N) is 1. The molecular weight excluding hydrogens is 1300 g/mol. The molecule has 10 aromatic carbocycles. The van der Waals surface area contributed by atoms with Crippen LogP contribution in [0.4, 0.5) is 16.2 Å². The second-order valence-electron chi connectivity index (χ2n) is 21.0. The van der Waals surface area contributed by atoms with Crippen LogP contribution in [0.25, 0.3) is 43.1 Å². The molecule has 22 heteroatoms. The van der Waals surface area contributed by atoms with Gasteiger partial charge in [0.15, 0.2) is 15.8 Å². The van der Waals surface area contributed by atoms with E-state index in [0.29, 0.717) is 76.7 Å². The molecule has 5 N–H and O–H groups in total. The number of esters is 2. The number of alkyl carbamates (subject to hydrolysis) is 1. The Morgan fingerprint density at radius 2 is 0.783 bits per heavy atom. The van der Waals surface area contributed by atoms with E-state index in [1.165, 1.54) is 26.4 Å². The summed E-state index contributed by atoms with van der Waals surface area (Å²) >= 11 is 27.0. The van der Waals surface area contributed by atoms with E-state index in [4.69, 9.17) is 96.9 Å². The van der Waals surface area contributed by atoms with E-state index in [1.54, 1.807) is 93.6 Å². The van der Waals surface area contributed by atoms with E-state index >= 15 is 0 Å². The number of carbonyl (C=O) groups excluding carboxylic acids is 5. The summed E-state index contributed by atoms with van der Waals surface area (Å²) in [6, 6.07) is 53.8. The van der Waals surface area contributed by atoms with Crippen molar-refractivity contribution in [1.29, 1.82) is 0 Å². The quantitative estimate of drug-likeness (QED) is 0.0257. The summed E-state index contributed by atoms with van der Waals surface area (Å²) in [5.74, 6) is -0.617. The summed E-state index contributed by atoms with van der Waals surface area (Å²) in [4.78, 5) is 66.0. The smallest absolute Gasteiger partial charge is 0.407 e. The summed E-state index contributed by atoms with van der Waals surface area (Å²) in [6.45, 7) is 6.70. The third kappa shape index (κ3) is 19.7. The van der Waals surface area contributed by atoms with E-state index in [0.717, 1.165) is 43.1 Å². The number of amides is 3. The number of carbonyl (C=O) groups is 5. The van der Waals surface area contributed by atoms with Gasteiger partial charge in [-0.25, -0.2) is 14.4 Å². The fraction of sp³-hybridized carbons (Fsp3) is 0.186. The molecule has 0 aliphatic carbocycles. The van der Waals surface area contributed by atoms with Crippen LogP contribution in [-0.4, -0.2) is 80.3 Å². The number of benzene rings is 10. The van der Waals surface area contributed by atoms with Gasteiger partial charge in [-0.3, -0.25) is 9.59 Å². The number of methoxy groups -OCH3 is 2. The molecule has 3 amide bonds. The minimum atomic E-state index is -0.750. The number of fused-ring (bicyclic) bond motifs is 4. The van der Waals surface area contributed by atoms with Crippen LogP contribution in [0, 0.1) is 0 Å². The van der Waals surface area contributed by atoms with Crippen molar-refractivity contribution in [3.63, 3.8) is 0 Å². The maximum Gasteiger partial charge on any atom is 0.407 e. The van der Waals surface area contributed by atoms with Gasteiger partial charge in [0.2, 0.25) is 0 Å². The monoisotopic (exact) mass is 1360 g/mol. The third-order valence-corrected chi connectivity index (χ3v) is 13.9. The molecule has 16 nitrogen and oxygen atoms in total. The molecule has 0 spiro atoms. The van der Waals surface area contributed by atoms with Gasteiger partial charge in [0.05, 0.1) is 49.9 Å². The topological polar surface area (TPSA) is 212 Å². The van der Waals surface area contributed by atoms with Crippen LogP contribution in [0.5, 0.6) is 34.5 Å². The number of nitrogens with one attached hydrogen (secondary N) is 3. The van der Waals surface area contributed by atoms with Crippen molar-refractivity contribution in [2.75, 3.05) is 51.2 Å². The van der Waals surface area contributed by atoms with E-state index in [1.807, 2.05) is 97.1 Å². The first kappa shape index (κ1) is 70.7. The highest BCUT2D eigenvalue weighted by Crippen LogP contribution is 2.37. The van der Waals surface area contributed by atoms with Gasteiger partial charge >= 0.3 is 18.0 Å². The average molecular weight is 1370 g/mol. The van der Waals surface area contributed by atoms with Gasteiger partial charge < -0.3 is 54.8 Å². The van der Waals surface area contributed by atoms with Crippen LogP contribution in [0.1, 0.15) is 75.0 Å². The fourth-order valence-corrected chi connectivity index (χ4v) is 9.53. The van der Waals surface area contributed by atoms with Gasteiger partial charge in [0, 0.05) is 28.7 Å². The van der Waals surface area contributed by atoms with E-state index in [2.05, 4.69) is 16.0 Å². The van der Waals surface area contributed by atoms with Crippen LogP contribution in [0.3, 0.4) is 0 Å². The number of halogens is 6. The predicted octanol–water partition coefficient (Wildman–Crippen LogP) is 17.7. The minimum Gasteiger partial charge on any atom is -0.496 e. The molecule has 0 aromatic heterocycles. The predicted molar refractivity (Wildman–Crippen MR) is 370 cm³/mol. The highest BCUT2D eigenvalue weighted by atomic mass is 35.6. The van der Waals surface area contributed by atoms with E-state index < -0.39 is 39.7 Å². The summed E-state index contributed by atoms with van der Waals surface area (Å²) in [7, 11) is 3.00. The molecule has 0 aliphatic rings. The van der Waals surface area contributed by atoms with Gasteiger partial charge in [0.25, 0.3) is 11.8 Å². The Kier molecular flexibility index (Phi) is 25.8. The lowest BCUT2D eigenvalue weighted by molar-refractivity contribution is 0.0524. The zero-order valence-electron chi connectivity index (χ0n) is 50.4. The summed E-state index contributed by atoms with van der Waals surface area (Å²) < 4.78 is 39.1. The minimum absolute atomic E-state index is 0. The molecule has 10 rings (SSSR count). The number of anilines is 2. The fourth-order valence-electron chi connectivity index (χ4n) is 9.21. The van der Waals surface area contributed by atoms with Gasteiger partial charge in [0.1, 0.15) is 39.7 Å². The Hall–Kier alpha value is -8.71. The van der Waals surface area contributed by atoms with Crippen LogP contribution in [0.2, 0.25) is 10.0 Å². The molecule has 0 saturated carbocycles. The zero-order valence-corrected chi connectivity index (χ0v) is 55.0. The largest absolute Gasteiger partial charge is 0.496 e. The summed E-state index contributed by atoms with van der Waals surface area (Å²) in [5, 5.41) is 16.1. The molecule has 0 unspecified atom stereocenters. The maximum atomic E-state index is 13.7. The highest BCUT2D eigenvalue weighted by molar-refractivity contribution is 6.63. The van der Waals surface area contributed by atoms with Crippen LogP contribution < -0.4 is 50.1 Å². The number of hydrogen-bond donors (Lipinski definition) is 4. The Morgan fingerprint density at radius 3 is 1.12 bits per heavy atom. The second-order valence-corrected chi connectivity index (χ2v) is 23.9. The van der Waals surface area contributed by atoms with Crippen molar-refractivity contribution in [2.24, 2.45) is 5.73 Å². The normalized spacial score (nSPS) is 10.8. The molecule has 10 aromatic rings. The third-order valence-electron chi connectivity index (χ3n) is 13.4. The number of ether oxygens (including phenoxy) is 7. The van der Waals surface area contributed by atoms with Crippen molar-refractivity contribution in [1.82, 2.24) is 5.32 Å². The van der Waals surface area contributed by atoms with Gasteiger partial charge in [-0.1, -0.05) is 155 Å². The standard InChI is InChI=1S/C37H35ClN2O7.C32H27ClN2O5.CHCl3.ClH/c1-37(2,3)47-36(43)39-16-9-17-45-32-21-26-13-8-6-11-24(26)19-29(32)35(42)46-33-22-27(38)14-15-30(33)40-34(41)28-18-23-10-5-7-12-25(23)20-31(28)44-4;1-38-28-17-22-9-4-2-7-20(22)15-25(28)31(36)35-27-12-11-24(33)19-30(27)40-32(37)26-16-21-8-3-5-10-23(21)18-29(26)39-14-6-13-34;2-1(3)4;/h5-8,10-15,18-22H,9,16-17H2,1-4H3,(H,39,43)(H,40,41);2-5,7-12,15-19H,6,13-14,34H2,1H3,(H,35,36);1H;1H. The van der Waals surface area contributed by atoms with Crippen LogP contribution in [-0.2, 0) is 4.74 Å². The van der Waals surface area contributed by atoms with Crippen LogP contribution >= 0.6 is 70.4 Å². The summed E-state index contributed by atoms with van der Waals surface area (Å²) in [5.41, 5.74) is 6.58. The molecule has 0 radical (unpaired) electrons. The average Bonchev–Trinajstić information content (AvgIpc) is 0.845. The second kappa shape index (κ2) is 33.6. The lowest BCUT2D eigenvalue weighted by Crippen LogP contribution is -2.33. The Balaban J connectivity index is 0.000000247. The van der Waals surface area contributed by atoms with Crippen molar-refractivity contribution in [3.8, 4) is 34.5 Å². The van der Waals surface area contributed by atoms with Crippen molar-refractivity contribution in [2.45, 2.75) is 43.5 Å². The van der Waals surface area contributed by atoms with Gasteiger partial charge in [-0.05, 0) is 156 Å². The highest BCUT2D eigenvalue weighted by Gasteiger charge is 2.24. The van der Waals surface area contributed by atoms with Gasteiger partial charge in [-0.15, -0.1) is 12.4 Å². The lowest BCUT2D eigenvalue weighted by atomic mass is 10.1. The molecule has 0 fully saturated rings. The Morgan fingerprint density at radius 1 is 0.457 bits per heavy atom. The van der Waals surface area contributed by atoms with E-state index in [9.17, 15) is 24.0 Å². The van der Waals surface area contributed by atoms with Crippen molar-refractivity contribution in [3.05, 3.63) is 214 Å². The Bertz CT molecular complexity index is 4280. The van der Waals surface area contributed by atoms with Crippen LogP contribution in [0.15, 0.2) is 182 Å². The molecule has 478 valence electrons. The Labute approximate surface area is 562 Å². The molecule has 0 aliphatic heterocycles. The number of alkyl halides is 3. The first-order valence-electron chi connectivity index (χ1n) is 28.4. The maximum absolute atomic E-state index is 13.7. The molecular formula is C70H64Cl6N4O12. The molecule has 0 heterocycles. The first-order chi connectivity index (χ1) is 43.7. The van der Waals surface area contributed by atoms with Gasteiger partial charge in [-0.2, -0.15) is 0 Å². The molecule has 0 bridgehead atoms. The summed E-state index contributed by atoms with van der Waals surface area (Å²) in [6.07, 6.45) is 0.573. The lowest BCUT2D eigenvalue weighted by Gasteiger charge is -2.19. The molecule has 0 atom stereocenters. The van der Waals surface area contributed by atoms with Crippen molar-refractivity contribution >= 4 is 155 Å². The first-order valence-corrected chi connectivity index (χ1v) is 30.5.